The van der Waals surface area contributed by atoms with E-state index in [2.05, 4.69) is 6.58 Å². The van der Waals surface area contributed by atoms with Gasteiger partial charge in [0.05, 0.1) is 12.6 Å². The van der Waals surface area contributed by atoms with Crippen molar-refractivity contribution in [2.75, 3.05) is 39.4 Å². The molecule has 8 heteroatoms. The zero-order valence-electron chi connectivity index (χ0n) is 20.1. The summed E-state index contributed by atoms with van der Waals surface area (Å²) in [7, 11) is 0. The largest absolute Gasteiger partial charge is 0.491 e. The van der Waals surface area contributed by atoms with Gasteiger partial charge in [-0.25, -0.2) is 4.39 Å². The lowest BCUT2D eigenvalue weighted by Crippen LogP contribution is -2.48. The molecule has 1 aromatic heterocycles. The summed E-state index contributed by atoms with van der Waals surface area (Å²) in [6.07, 6.45) is 1.75. The van der Waals surface area contributed by atoms with Crippen LogP contribution in [0.3, 0.4) is 0 Å². The number of amides is 1. The average molecular weight is 511 g/mol. The Hall–Kier alpha value is -3.20. The van der Waals surface area contributed by atoms with Gasteiger partial charge in [0, 0.05) is 24.5 Å². The number of halogens is 1. The standard InChI is InChI=1S/C28H31FN2O4S/c1-2-14-30(17-22(32)19-34-23-6-4-3-5-7-23)18-28(33)31-15-12-27-25(13-16-36-27)26(31)20-35-24-10-8-21(29)9-11-24/h2-11,13,16,22,26,32H,1,12,14-15,17-20H2/t22-,26-/m1/s1. The Morgan fingerprint density at radius 3 is 2.67 bits per heavy atom. The quantitative estimate of drug-likeness (QED) is 0.368. The molecule has 36 heavy (non-hydrogen) atoms. The van der Waals surface area contributed by atoms with Gasteiger partial charge in [0.25, 0.3) is 0 Å². The summed E-state index contributed by atoms with van der Waals surface area (Å²) in [6, 6.07) is 17.0. The van der Waals surface area contributed by atoms with Gasteiger partial charge in [-0.05, 0) is 59.8 Å². The fourth-order valence-electron chi connectivity index (χ4n) is 4.31. The molecule has 0 saturated carbocycles. The van der Waals surface area contributed by atoms with Gasteiger partial charge in [0.15, 0.2) is 0 Å². The van der Waals surface area contributed by atoms with Gasteiger partial charge in [0.1, 0.15) is 36.6 Å². The van der Waals surface area contributed by atoms with Crippen LogP contribution in [0.5, 0.6) is 11.5 Å². The topological polar surface area (TPSA) is 62.2 Å². The zero-order chi connectivity index (χ0) is 25.3. The molecule has 1 aliphatic heterocycles. The molecular weight excluding hydrogens is 479 g/mol. The van der Waals surface area contributed by atoms with Gasteiger partial charge in [-0.15, -0.1) is 17.9 Å². The number of ether oxygens (including phenoxy) is 2. The minimum absolute atomic E-state index is 0.0439. The molecule has 2 aromatic carbocycles. The van der Waals surface area contributed by atoms with Gasteiger partial charge < -0.3 is 19.5 Å². The zero-order valence-corrected chi connectivity index (χ0v) is 20.9. The average Bonchev–Trinajstić information content (AvgIpc) is 3.37. The van der Waals surface area contributed by atoms with E-state index < -0.39 is 6.10 Å². The Morgan fingerprint density at radius 2 is 1.92 bits per heavy atom. The van der Waals surface area contributed by atoms with Crippen molar-refractivity contribution >= 4 is 17.2 Å². The molecule has 0 unspecified atom stereocenters. The number of nitrogens with zero attached hydrogens (tertiary/aromatic N) is 2. The van der Waals surface area contributed by atoms with Crippen LogP contribution in [-0.4, -0.2) is 66.3 Å². The van der Waals surface area contributed by atoms with Crippen molar-refractivity contribution in [1.82, 2.24) is 9.80 Å². The van der Waals surface area contributed by atoms with E-state index in [1.165, 1.54) is 17.0 Å². The number of thiophene rings is 1. The smallest absolute Gasteiger partial charge is 0.237 e. The predicted molar refractivity (Wildman–Crippen MR) is 139 cm³/mol. The highest BCUT2D eigenvalue weighted by molar-refractivity contribution is 7.10. The number of para-hydroxylation sites is 1. The van der Waals surface area contributed by atoms with Gasteiger partial charge in [-0.3, -0.25) is 9.69 Å². The van der Waals surface area contributed by atoms with E-state index >= 15 is 0 Å². The molecule has 4 rings (SSSR count). The molecule has 3 aromatic rings. The first-order valence-electron chi connectivity index (χ1n) is 12.0. The maximum atomic E-state index is 13.5. The molecule has 0 saturated heterocycles. The molecule has 0 fully saturated rings. The van der Waals surface area contributed by atoms with Crippen LogP contribution in [0.1, 0.15) is 16.5 Å². The van der Waals surface area contributed by atoms with Crippen molar-refractivity contribution in [2.24, 2.45) is 0 Å². The second kappa shape index (κ2) is 12.7. The molecule has 0 radical (unpaired) electrons. The number of fused-ring (bicyclic) bond motifs is 1. The molecule has 1 amide bonds. The molecule has 0 aliphatic carbocycles. The summed E-state index contributed by atoms with van der Waals surface area (Å²) in [5.41, 5.74) is 1.09. The van der Waals surface area contributed by atoms with Crippen molar-refractivity contribution in [3.8, 4) is 11.5 Å². The molecule has 0 bridgehead atoms. The molecule has 1 N–H and O–H groups in total. The summed E-state index contributed by atoms with van der Waals surface area (Å²) in [4.78, 5) is 18.4. The Morgan fingerprint density at radius 1 is 1.17 bits per heavy atom. The van der Waals surface area contributed by atoms with Crippen LogP contribution in [0, 0.1) is 5.82 Å². The summed E-state index contributed by atoms with van der Waals surface area (Å²) >= 11 is 1.69. The van der Waals surface area contributed by atoms with E-state index in [0.29, 0.717) is 24.6 Å². The first-order chi connectivity index (χ1) is 17.5. The number of aliphatic hydroxyl groups excluding tert-OH is 1. The Kier molecular flexibility index (Phi) is 9.11. The van der Waals surface area contributed by atoms with Gasteiger partial charge in [-0.1, -0.05) is 24.3 Å². The van der Waals surface area contributed by atoms with E-state index in [1.54, 1.807) is 29.5 Å². The van der Waals surface area contributed by atoms with Crippen molar-refractivity contribution in [3.63, 3.8) is 0 Å². The maximum absolute atomic E-state index is 13.5. The monoisotopic (exact) mass is 510 g/mol. The number of carbonyl (C=O) groups excluding carboxylic acids is 1. The third-order valence-corrected chi connectivity index (χ3v) is 7.03. The molecule has 6 nitrogen and oxygen atoms in total. The maximum Gasteiger partial charge on any atom is 0.237 e. The second-order valence-corrected chi connectivity index (χ2v) is 9.68. The van der Waals surface area contributed by atoms with E-state index in [1.807, 2.05) is 51.6 Å². The highest BCUT2D eigenvalue weighted by atomic mass is 32.1. The van der Waals surface area contributed by atoms with E-state index in [-0.39, 0.29) is 44.1 Å². The third-order valence-electron chi connectivity index (χ3n) is 6.04. The normalized spacial score (nSPS) is 15.9. The van der Waals surface area contributed by atoms with Crippen molar-refractivity contribution < 1.29 is 23.8 Å². The van der Waals surface area contributed by atoms with E-state index in [9.17, 15) is 14.3 Å². The van der Waals surface area contributed by atoms with E-state index in [4.69, 9.17) is 9.47 Å². The Bertz CT molecular complexity index is 1120. The molecule has 2 heterocycles. The lowest BCUT2D eigenvalue weighted by molar-refractivity contribution is -0.136. The SMILES string of the molecule is C=CCN(CC(=O)N1CCc2sccc2[C@H]1COc1ccc(F)cc1)C[C@@H](O)COc1ccccc1. The molecule has 0 spiro atoms. The highest BCUT2D eigenvalue weighted by Crippen LogP contribution is 2.34. The van der Waals surface area contributed by atoms with Crippen LogP contribution >= 0.6 is 11.3 Å². The Labute approximate surface area is 215 Å². The molecule has 190 valence electrons. The van der Waals surface area contributed by atoms with Crippen LogP contribution in [0.2, 0.25) is 0 Å². The lowest BCUT2D eigenvalue weighted by Gasteiger charge is -2.37. The first kappa shape index (κ1) is 25.9. The van der Waals surface area contributed by atoms with Crippen LogP contribution < -0.4 is 9.47 Å². The second-order valence-electron chi connectivity index (χ2n) is 8.68. The number of benzene rings is 2. The number of carbonyl (C=O) groups is 1. The van der Waals surface area contributed by atoms with Crippen molar-refractivity contribution in [3.05, 3.63) is 95.0 Å². The minimum atomic E-state index is -0.764. The van der Waals surface area contributed by atoms with E-state index in [0.717, 1.165) is 12.0 Å². The van der Waals surface area contributed by atoms with Gasteiger partial charge >= 0.3 is 0 Å². The van der Waals surface area contributed by atoms with Crippen LogP contribution in [0.4, 0.5) is 4.39 Å². The number of hydrogen-bond donors (Lipinski definition) is 1. The summed E-state index contributed by atoms with van der Waals surface area (Å²) in [5.74, 6) is 0.876. The summed E-state index contributed by atoms with van der Waals surface area (Å²) < 4.78 is 24.9. The van der Waals surface area contributed by atoms with Gasteiger partial charge in [0.2, 0.25) is 5.91 Å². The number of hydrogen-bond acceptors (Lipinski definition) is 6. The fourth-order valence-corrected chi connectivity index (χ4v) is 5.24. The van der Waals surface area contributed by atoms with Crippen LogP contribution in [-0.2, 0) is 11.2 Å². The lowest BCUT2D eigenvalue weighted by atomic mass is 10.0. The highest BCUT2D eigenvalue weighted by Gasteiger charge is 2.33. The first-order valence-corrected chi connectivity index (χ1v) is 12.8. The summed E-state index contributed by atoms with van der Waals surface area (Å²) in [5, 5.41) is 12.6. The summed E-state index contributed by atoms with van der Waals surface area (Å²) in [6.45, 7) is 5.67. The fraction of sp³-hybridized carbons (Fsp3) is 0.321. The van der Waals surface area contributed by atoms with Gasteiger partial charge in [-0.2, -0.15) is 0 Å². The molecule has 2 atom stereocenters. The number of aliphatic hydroxyl groups is 1. The predicted octanol–water partition coefficient (Wildman–Crippen LogP) is 4.32. The molecular formula is C28H31FN2O4S. The minimum Gasteiger partial charge on any atom is -0.491 e. The molecule has 1 aliphatic rings. The van der Waals surface area contributed by atoms with Crippen LogP contribution in [0.15, 0.2) is 78.7 Å². The Balaban J connectivity index is 1.39. The third kappa shape index (κ3) is 6.94. The van der Waals surface area contributed by atoms with Crippen molar-refractivity contribution in [1.29, 1.82) is 0 Å². The van der Waals surface area contributed by atoms with Crippen LogP contribution in [0.25, 0.3) is 0 Å². The van der Waals surface area contributed by atoms with Crippen molar-refractivity contribution in [2.45, 2.75) is 18.6 Å². The number of rotatable bonds is 12.